The third-order valence-electron chi connectivity index (χ3n) is 5.82. The number of carbonyl (C=O) groups is 1. The van der Waals surface area contributed by atoms with Gasteiger partial charge in [-0.3, -0.25) is 14.3 Å². The largest absolute Gasteiger partial charge is 0.494 e. The first kappa shape index (κ1) is 20.4. The molecule has 32 heavy (non-hydrogen) atoms. The molecule has 1 N–H and O–H groups in total. The van der Waals surface area contributed by atoms with Crippen LogP contribution in [0.5, 0.6) is 11.6 Å². The van der Waals surface area contributed by atoms with Crippen molar-refractivity contribution < 1.29 is 14.6 Å². The number of likely N-dealkylation sites (tertiary alicyclic amines) is 1. The molecule has 0 radical (unpaired) electrons. The van der Waals surface area contributed by atoms with Crippen molar-refractivity contribution in [2.24, 2.45) is 0 Å². The average Bonchev–Trinajstić information content (AvgIpc) is 3.17. The number of pyridine rings is 1. The number of fused-ring (bicyclic) bond motifs is 1. The molecule has 5 rings (SSSR count). The summed E-state index contributed by atoms with van der Waals surface area (Å²) in [6, 6.07) is 16.5. The third-order valence-corrected chi connectivity index (χ3v) is 6.13. The Bertz CT molecular complexity index is 1260. The van der Waals surface area contributed by atoms with Crippen LogP contribution in [-0.2, 0) is 0 Å². The summed E-state index contributed by atoms with van der Waals surface area (Å²) in [5.41, 5.74) is 1.29. The van der Waals surface area contributed by atoms with Crippen molar-refractivity contribution in [3.05, 3.63) is 83.8 Å². The molecule has 1 aliphatic heterocycles. The number of aromatic hydroxyl groups is 1. The van der Waals surface area contributed by atoms with Gasteiger partial charge in [-0.2, -0.15) is 0 Å². The Hall–Kier alpha value is -3.51. The summed E-state index contributed by atoms with van der Waals surface area (Å²) in [6.45, 7) is 1.26. The van der Waals surface area contributed by atoms with Crippen LogP contribution in [0, 0.1) is 0 Å². The zero-order chi connectivity index (χ0) is 22.1. The standard InChI is InChI=1S/C25H22ClN3O3/c26-22-6-2-4-18-16-29(25(31)23(18)22)19-5-1-3-17(15-19)24(30)28-13-9-21(10-14-28)32-20-7-11-27-12-8-20/h1-8,11-12,15-16,21,31H,9-10,13-14H2. The number of carbonyl (C=O) groups excluding carboxylic acids is 1. The third kappa shape index (κ3) is 3.89. The molecular weight excluding hydrogens is 426 g/mol. The van der Waals surface area contributed by atoms with E-state index in [1.165, 1.54) is 0 Å². The van der Waals surface area contributed by atoms with Gasteiger partial charge in [-0.25, -0.2) is 0 Å². The zero-order valence-electron chi connectivity index (χ0n) is 17.3. The summed E-state index contributed by atoms with van der Waals surface area (Å²) >= 11 is 6.26. The lowest BCUT2D eigenvalue weighted by atomic mass is 10.1. The first-order chi connectivity index (χ1) is 15.6. The van der Waals surface area contributed by atoms with Crippen LogP contribution in [0.2, 0.25) is 5.02 Å². The molecule has 7 heteroatoms. The van der Waals surface area contributed by atoms with Crippen molar-refractivity contribution in [3.63, 3.8) is 0 Å². The highest BCUT2D eigenvalue weighted by Gasteiger charge is 2.25. The predicted octanol–water partition coefficient (Wildman–Crippen LogP) is 5.07. The Kier molecular flexibility index (Phi) is 5.45. The van der Waals surface area contributed by atoms with Crippen LogP contribution in [-0.4, -0.2) is 44.7 Å². The molecule has 162 valence electrons. The minimum Gasteiger partial charge on any atom is -0.494 e. The Morgan fingerprint density at radius 3 is 2.56 bits per heavy atom. The van der Waals surface area contributed by atoms with E-state index in [0.29, 0.717) is 34.7 Å². The second kappa shape index (κ2) is 8.55. The molecule has 2 aromatic carbocycles. The minimum absolute atomic E-state index is 0.0246. The van der Waals surface area contributed by atoms with Gasteiger partial charge in [0.05, 0.1) is 10.4 Å². The molecule has 1 aliphatic rings. The second-order valence-electron chi connectivity index (χ2n) is 7.87. The minimum atomic E-state index is -0.0246. The summed E-state index contributed by atoms with van der Waals surface area (Å²) in [6.07, 6.45) is 6.87. The van der Waals surface area contributed by atoms with Gasteiger partial charge in [0.2, 0.25) is 5.88 Å². The van der Waals surface area contributed by atoms with Crippen molar-refractivity contribution in [3.8, 4) is 17.3 Å². The lowest BCUT2D eigenvalue weighted by molar-refractivity contribution is 0.0595. The van der Waals surface area contributed by atoms with Gasteiger partial charge in [0.15, 0.2) is 0 Å². The van der Waals surface area contributed by atoms with Crippen LogP contribution in [0.25, 0.3) is 16.5 Å². The number of rotatable bonds is 4. The van der Waals surface area contributed by atoms with E-state index in [-0.39, 0.29) is 17.9 Å². The van der Waals surface area contributed by atoms with Crippen molar-refractivity contribution in [1.82, 2.24) is 14.5 Å². The second-order valence-corrected chi connectivity index (χ2v) is 8.28. The predicted molar refractivity (Wildman–Crippen MR) is 124 cm³/mol. The Morgan fingerprint density at radius 1 is 1.06 bits per heavy atom. The molecule has 1 fully saturated rings. The average molecular weight is 448 g/mol. The monoisotopic (exact) mass is 447 g/mol. The Balaban J connectivity index is 1.31. The fourth-order valence-corrected chi connectivity index (χ4v) is 4.43. The highest BCUT2D eigenvalue weighted by Crippen LogP contribution is 2.35. The fraction of sp³-hybridized carbons (Fsp3) is 0.200. The number of halogens is 1. The van der Waals surface area contributed by atoms with Crippen LogP contribution in [0.4, 0.5) is 0 Å². The van der Waals surface area contributed by atoms with E-state index in [1.807, 2.05) is 47.5 Å². The van der Waals surface area contributed by atoms with E-state index in [9.17, 15) is 9.90 Å². The van der Waals surface area contributed by atoms with E-state index < -0.39 is 0 Å². The van der Waals surface area contributed by atoms with Crippen molar-refractivity contribution in [2.75, 3.05) is 13.1 Å². The number of ether oxygens (including phenoxy) is 1. The molecule has 0 saturated carbocycles. The SMILES string of the molecule is O=C(c1cccc(-n2cc3cccc(Cl)c3c2O)c1)N1CCC(Oc2ccncc2)CC1. The first-order valence-electron chi connectivity index (χ1n) is 10.5. The van der Waals surface area contributed by atoms with E-state index >= 15 is 0 Å². The summed E-state index contributed by atoms with van der Waals surface area (Å²) in [5.74, 6) is 0.837. The first-order valence-corrected chi connectivity index (χ1v) is 10.9. The summed E-state index contributed by atoms with van der Waals surface area (Å²) in [7, 11) is 0. The van der Waals surface area contributed by atoms with Gasteiger partial charge in [0.1, 0.15) is 11.9 Å². The van der Waals surface area contributed by atoms with E-state index in [1.54, 1.807) is 35.2 Å². The fourth-order valence-electron chi connectivity index (χ4n) is 4.16. The van der Waals surface area contributed by atoms with Crippen LogP contribution < -0.4 is 4.74 Å². The quantitative estimate of drug-likeness (QED) is 0.474. The van der Waals surface area contributed by atoms with Gasteiger partial charge in [-0.15, -0.1) is 0 Å². The number of hydrogen-bond donors (Lipinski definition) is 1. The van der Waals surface area contributed by atoms with Gasteiger partial charge in [-0.1, -0.05) is 29.8 Å². The van der Waals surface area contributed by atoms with Gasteiger partial charge >= 0.3 is 0 Å². The number of hydrogen-bond acceptors (Lipinski definition) is 4. The van der Waals surface area contributed by atoms with Gasteiger partial charge < -0.3 is 14.7 Å². The maximum atomic E-state index is 13.1. The van der Waals surface area contributed by atoms with Crippen molar-refractivity contribution in [1.29, 1.82) is 0 Å². The molecule has 0 aliphatic carbocycles. The summed E-state index contributed by atoms with van der Waals surface area (Å²) in [5, 5.41) is 12.6. The topological polar surface area (TPSA) is 67.6 Å². The molecule has 3 heterocycles. The Morgan fingerprint density at radius 2 is 1.81 bits per heavy atom. The maximum Gasteiger partial charge on any atom is 0.253 e. The Labute approximate surface area is 190 Å². The number of aromatic nitrogens is 2. The number of nitrogens with zero attached hydrogens (tertiary/aromatic N) is 3. The lowest BCUT2D eigenvalue weighted by Gasteiger charge is -2.32. The van der Waals surface area contributed by atoms with E-state index in [0.717, 1.165) is 24.0 Å². The van der Waals surface area contributed by atoms with Crippen LogP contribution in [0.15, 0.2) is 73.2 Å². The molecule has 6 nitrogen and oxygen atoms in total. The highest BCUT2D eigenvalue weighted by molar-refractivity contribution is 6.36. The molecule has 0 spiro atoms. The molecule has 0 bridgehead atoms. The molecule has 0 atom stereocenters. The number of piperidine rings is 1. The molecule has 0 unspecified atom stereocenters. The molecule has 2 aromatic heterocycles. The van der Waals surface area contributed by atoms with Crippen molar-refractivity contribution in [2.45, 2.75) is 18.9 Å². The molecule has 1 saturated heterocycles. The molecule has 4 aromatic rings. The van der Waals surface area contributed by atoms with E-state index in [2.05, 4.69) is 4.98 Å². The zero-order valence-corrected chi connectivity index (χ0v) is 18.1. The van der Waals surface area contributed by atoms with Gasteiger partial charge in [-0.05, 0) is 36.4 Å². The summed E-state index contributed by atoms with van der Waals surface area (Å²) < 4.78 is 7.65. The molecular formula is C25H22ClN3O3. The van der Waals surface area contributed by atoms with E-state index in [4.69, 9.17) is 16.3 Å². The van der Waals surface area contributed by atoms with Crippen molar-refractivity contribution >= 4 is 28.3 Å². The van der Waals surface area contributed by atoms with Gasteiger partial charge in [0.25, 0.3) is 5.91 Å². The van der Waals surface area contributed by atoms with Crippen LogP contribution in [0.3, 0.4) is 0 Å². The lowest BCUT2D eigenvalue weighted by Crippen LogP contribution is -2.41. The van der Waals surface area contributed by atoms with Crippen LogP contribution >= 0.6 is 11.6 Å². The highest BCUT2D eigenvalue weighted by atomic mass is 35.5. The smallest absolute Gasteiger partial charge is 0.253 e. The summed E-state index contributed by atoms with van der Waals surface area (Å²) in [4.78, 5) is 19.0. The van der Waals surface area contributed by atoms with Gasteiger partial charge in [0, 0.05) is 61.2 Å². The molecule has 1 amide bonds. The normalized spacial score (nSPS) is 14.6. The maximum absolute atomic E-state index is 13.1. The van der Waals surface area contributed by atoms with Crippen LogP contribution in [0.1, 0.15) is 23.2 Å². The number of benzene rings is 2. The number of amides is 1.